The Balaban J connectivity index is 2.20. The van der Waals surface area contributed by atoms with Gasteiger partial charge in [0.05, 0.1) is 17.9 Å². The number of alkyl halides is 3. The van der Waals surface area contributed by atoms with E-state index in [-0.39, 0.29) is 5.75 Å². The summed E-state index contributed by atoms with van der Waals surface area (Å²) in [5.41, 5.74) is 0. The molecule has 1 aliphatic heterocycles. The standard InChI is InChI=1S/C10H18F3NO2S/c11-10(12,13)5-8-17(15,16)7-2-4-9-3-1-6-14-9/h9,14H,1-8H2/t9-/m1/s1. The van der Waals surface area contributed by atoms with Crippen LogP contribution >= 0.6 is 0 Å². The number of hydrogen-bond acceptors (Lipinski definition) is 3. The van der Waals surface area contributed by atoms with Crippen LogP contribution in [0.25, 0.3) is 0 Å². The summed E-state index contributed by atoms with van der Waals surface area (Å²) in [7, 11) is -3.55. The van der Waals surface area contributed by atoms with E-state index in [1.165, 1.54) is 0 Å². The zero-order valence-electron chi connectivity index (χ0n) is 9.59. The van der Waals surface area contributed by atoms with Crippen molar-refractivity contribution in [1.82, 2.24) is 5.32 Å². The second-order valence-electron chi connectivity index (χ2n) is 4.45. The molecule has 0 radical (unpaired) electrons. The minimum Gasteiger partial charge on any atom is -0.314 e. The molecular weight excluding hydrogens is 255 g/mol. The SMILES string of the molecule is O=S(=O)(CCC[C@H]1CCCN1)CCC(F)(F)F. The van der Waals surface area contributed by atoms with Crippen LogP contribution in [-0.2, 0) is 9.84 Å². The minimum absolute atomic E-state index is 0.138. The molecule has 1 heterocycles. The van der Waals surface area contributed by atoms with Crippen LogP contribution in [0.2, 0.25) is 0 Å². The maximum atomic E-state index is 11.9. The first-order valence-electron chi connectivity index (χ1n) is 5.79. The van der Waals surface area contributed by atoms with Crippen LogP contribution in [0.4, 0.5) is 13.2 Å². The predicted octanol–water partition coefficient (Wildman–Crippen LogP) is 1.89. The third-order valence-corrected chi connectivity index (χ3v) is 4.60. The molecular formula is C10H18F3NO2S. The van der Waals surface area contributed by atoms with Gasteiger partial charge in [-0.2, -0.15) is 13.2 Å². The van der Waals surface area contributed by atoms with Gasteiger partial charge in [0.25, 0.3) is 0 Å². The lowest BCUT2D eigenvalue weighted by molar-refractivity contribution is -0.129. The van der Waals surface area contributed by atoms with Crippen molar-refractivity contribution in [2.75, 3.05) is 18.1 Å². The molecule has 1 rings (SSSR count). The van der Waals surface area contributed by atoms with E-state index >= 15 is 0 Å². The van der Waals surface area contributed by atoms with Crippen LogP contribution in [0.5, 0.6) is 0 Å². The van der Waals surface area contributed by atoms with Gasteiger partial charge in [-0.15, -0.1) is 0 Å². The summed E-state index contributed by atoms with van der Waals surface area (Å²) >= 11 is 0. The largest absolute Gasteiger partial charge is 0.390 e. The minimum atomic E-state index is -4.39. The molecule has 0 saturated carbocycles. The van der Waals surface area contributed by atoms with Gasteiger partial charge in [-0.3, -0.25) is 0 Å². The summed E-state index contributed by atoms with van der Waals surface area (Å²) in [5.74, 6) is -0.921. The fraction of sp³-hybridized carbons (Fsp3) is 1.00. The molecule has 1 fully saturated rings. The molecule has 1 saturated heterocycles. The smallest absolute Gasteiger partial charge is 0.314 e. The van der Waals surface area contributed by atoms with E-state index in [0.717, 1.165) is 25.8 Å². The first-order valence-corrected chi connectivity index (χ1v) is 7.61. The molecule has 3 nitrogen and oxygen atoms in total. The van der Waals surface area contributed by atoms with Gasteiger partial charge in [-0.25, -0.2) is 8.42 Å². The molecule has 0 aromatic heterocycles. The van der Waals surface area contributed by atoms with Crippen LogP contribution in [0, 0.1) is 0 Å². The van der Waals surface area contributed by atoms with Crippen molar-refractivity contribution in [3.8, 4) is 0 Å². The molecule has 102 valence electrons. The fourth-order valence-electron chi connectivity index (χ4n) is 1.93. The van der Waals surface area contributed by atoms with Gasteiger partial charge in [-0.1, -0.05) is 0 Å². The van der Waals surface area contributed by atoms with Crippen molar-refractivity contribution in [2.45, 2.75) is 44.3 Å². The van der Waals surface area contributed by atoms with Crippen LogP contribution in [0.15, 0.2) is 0 Å². The van der Waals surface area contributed by atoms with Gasteiger partial charge in [0.15, 0.2) is 9.84 Å². The molecule has 0 aromatic carbocycles. The van der Waals surface area contributed by atoms with E-state index in [9.17, 15) is 21.6 Å². The third kappa shape index (κ3) is 6.88. The maximum Gasteiger partial charge on any atom is 0.390 e. The number of nitrogens with one attached hydrogen (secondary N) is 1. The second-order valence-corrected chi connectivity index (χ2v) is 6.76. The highest BCUT2D eigenvalue weighted by molar-refractivity contribution is 7.91. The molecule has 1 aliphatic rings. The number of rotatable bonds is 6. The quantitative estimate of drug-likeness (QED) is 0.804. The van der Waals surface area contributed by atoms with Gasteiger partial charge < -0.3 is 5.32 Å². The number of sulfone groups is 1. The van der Waals surface area contributed by atoms with E-state index in [2.05, 4.69) is 5.32 Å². The fourth-order valence-corrected chi connectivity index (χ4v) is 3.28. The Bertz CT molecular complexity index is 321. The Morgan fingerprint density at radius 3 is 2.47 bits per heavy atom. The monoisotopic (exact) mass is 273 g/mol. The third-order valence-electron chi connectivity index (χ3n) is 2.87. The molecule has 0 aromatic rings. The Morgan fingerprint density at radius 1 is 1.24 bits per heavy atom. The van der Waals surface area contributed by atoms with Crippen molar-refractivity contribution < 1.29 is 21.6 Å². The number of halogens is 3. The van der Waals surface area contributed by atoms with Crippen LogP contribution in [0.1, 0.15) is 32.1 Å². The highest BCUT2D eigenvalue weighted by Gasteiger charge is 2.29. The lowest BCUT2D eigenvalue weighted by atomic mass is 10.1. The molecule has 0 unspecified atom stereocenters. The summed E-state index contributed by atoms with van der Waals surface area (Å²) in [6.45, 7) is 0.950. The van der Waals surface area contributed by atoms with Crippen LogP contribution in [-0.4, -0.2) is 38.7 Å². The average molecular weight is 273 g/mol. The van der Waals surface area contributed by atoms with E-state index in [1.807, 2.05) is 0 Å². The first kappa shape index (κ1) is 14.8. The van der Waals surface area contributed by atoms with Crippen molar-refractivity contribution >= 4 is 9.84 Å². The Labute approximate surface area is 99.7 Å². The molecule has 1 atom stereocenters. The summed E-state index contributed by atoms with van der Waals surface area (Å²) in [6, 6.07) is 0.341. The van der Waals surface area contributed by atoms with Crippen LogP contribution in [0.3, 0.4) is 0 Å². The number of hydrogen-bond donors (Lipinski definition) is 1. The highest BCUT2D eigenvalue weighted by atomic mass is 32.2. The molecule has 1 N–H and O–H groups in total. The molecule has 0 amide bonds. The molecule has 17 heavy (non-hydrogen) atoms. The topological polar surface area (TPSA) is 46.2 Å². The molecule has 0 bridgehead atoms. The lowest BCUT2D eigenvalue weighted by Gasteiger charge is -2.10. The highest BCUT2D eigenvalue weighted by Crippen LogP contribution is 2.20. The molecule has 0 spiro atoms. The zero-order chi connectivity index (χ0) is 12.9. The first-order chi connectivity index (χ1) is 7.79. The van der Waals surface area contributed by atoms with E-state index in [1.54, 1.807) is 0 Å². The summed E-state index contributed by atoms with van der Waals surface area (Å²) in [6.07, 6.45) is -2.34. The predicted molar refractivity (Wildman–Crippen MR) is 59.6 cm³/mol. The van der Waals surface area contributed by atoms with Crippen molar-refractivity contribution in [3.05, 3.63) is 0 Å². The van der Waals surface area contributed by atoms with Crippen LogP contribution < -0.4 is 5.32 Å². The van der Waals surface area contributed by atoms with Gasteiger partial charge in [0, 0.05) is 6.04 Å². The molecule has 7 heteroatoms. The summed E-state index contributed by atoms with van der Waals surface area (Å²) in [4.78, 5) is 0. The van der Waals surface area contributed by atoms with Crippen molar-refractivity contribution in [1.29, 1.82) is 0 Å². The normalized spacial score (nSPS) is 21.9. The average Bonchev–Trinajstić information content (AvgIpc) is 2.67. The van der Waals surface area contributed by atoms with Gasteiger partial charge in [0.1, 0.15) is 0 Å². The van der Waals surface area contributed by atoms with Gasteiger partial charge in [-0.05, 0) is 32.2 Å². The van der Waals surface area contributed by atoms with E-state index in [0.29, 0.717) is 12.5 Å². The van der Waals surface area contributed by atoms with E-state index in [4.69, 9.17) is 0 Å². The van der Waals surface area contributed by atoms with Crippen molar-refractivity contribution in [2.24, 2.45) is 0 Å². The Kier molecular flexibility index (Phi) is 5.24. The van der Waals surface area contributed by atoms with E-state index < -0.39 is 28.2 Å². The maximum absolute atomic E-state index is 11.9. The summed E-state index contributed by atoms with van der Waals surface area (Å²) in [5, 5.41) is 3.22. The summed E-state index contributed by atoms with van der Waals surface area (Å²) < 4.78 is 58.3. The Morgan fingerprint density at radius 2 is 1.94 bits per heavy atom. The zero-order valence-corrected chi connectivity index (χ0v) is 10.4. The Hall–Kier alpha value is -0.300. The van der Waals surface area contributed by atoms with Gasteiger partial charge >= 0.3 is 6.18 Å². The lowest BCUT2D eigenvalue weighted by Crippen LogP contribution is -2.23. The van der Waals surface area contributed by atoms with Crippen molar-refractivity contribution in [3.63, 3.8) is 0 Å². The molecule has 0 aliphatic carbocycles. The van der Waals surface area contributed by atoms with Gasteiger partial charge in [0.2, 0.25) is 0 Å². The second kappa shape index (κ2) is 6.04.